The molecular weight excluding hydrogens is 170 g/mol. The van der Waals surface area contributed by atoms with Crippen LogP contribution in [0.4, 0.5) is 0 Å². The van der Waals surface area contributed by atoms with Crippen LogP contribution in [0.2, 0.25) is 0 Å². The third kappa shape index (κ3) is 2.20. The Labute approximate surface area is 88.0 Å². The van der Waals surface area contributed by atoms with Crippen molar-refractivity contribution in [3.8, 4) is 0 Å². The van der Waals surface area contributed by atoms with Crippen LogP contribution >= 0.6 is 0 Å². The summed E-state index contributed by atoms with van der Waals surface area (Å²) in [5.74, 6) is 3.61. The van der Waals surface area contributed by atoms with E-state index < -0.39 is 0 Å². The van der Waals surface area contributed by atoms with Gasteiger partial charge in [0.25, 0.3) is 0 Å². The minimum absolute atomic E-state index is 0.837. The zero-order chi connectivity index (χ0) is 9.97. The van der Waals surface area contributed by atoms with Crippen molar-refractivity contribution in [3.05, 3.63) is 12.2 Å². The molecule has 80 valence electrons. The quantitative estimate of drug-likeness (QED) is 0.662. The third-order valence-corrected chi connectivity index (χ3v) is 4.01. The fraction of sp³-hybridized carbons (Fsp3) is 0.846. The summed E-state index contributed by atoms with van der Waals surface area (Å²) in [6.45, 7) is 7.05. The number of fused-ring (bicyclic) bond motifs is 2. The Bertz CT molecular complexity index is 209. The fourth-order valence-corrected chi connectivity index (χ4v) is 2.79. The molecule has 2 rings (SSSR count). The molecule has 0 aromatic carbocycles. The summed E-state index contributed by atoms with van der Waals surface area (Å²) in [5, 5.41) is 3.63. The van der Waals surface area contributed by atoms with E-state index in [0.29, 0.717) is 0 Å². The Balaban J connectivity index is 1.65. The third-order valence-electron chi connectivity index (χ3n) is 4.01. The molecule has 0 saturated heterocycles. The molecule has 4 atom stereocenters. The maximum Gasteiger partial charge on any atom is -0.00146 e. The van der Waals surface area contributed by atoms with Crippen LogP contribution in [0.25, 0.3) is 0 Å². The second kappa shape index (κ2) is 4.48. The topological polar surface area (TPSA) is 12.0 Å². The van der Waals surface area contributed by atoms with E-state index >= 15 is 0 Å². The van der Waals surface area contributed by atoms with Gasteiger partial charge in [-0.3, -0.25) is 0 Å². The Morgan fingerprint density at radius 3 is 2.79 bits per heavy atom. The highest BCUT2D eigenvalue weighted by molar-refractivity contribution is 5.10. The largest absolute Gasteiger partial charge is 0.316 e. The molecule has 0 aromatic heterocycles. The normalized spacial score (nSPS) is 36.6. The van der Waals surface area contributed by atoms with Gasteiger partial charge < -0.3 is 5.32 Å². The molecule has 0 aromatic rings. The van der Waals surface area contributed by atoms with Gasteiger partial charge in [0.15, 0.2) is 0 Å². The van der Waals surface area contributed by atoms with E-state index in [1.165, 1.54) is 32.4 Å². The number of rotatable bonds is 5. The SMILES string of the molecule is CCC(C)CNCC1CC2C=CC1C2. The van der Waals surface area contributed by atoms with E-state index in [-0.39, 0.29) is 0 Å². The van der Waals surface area contributed by atoms with Gasteiger partial charge in [-0.25, -0.2) is 0 Å². The lowest BCUT2D eigenvalue weighted by Crippen LogP contribution is -2.28. The van der Waals surface area contributed by atoms with Crippen molar-refractivity contribution in [1.29, 1.82) is 0 Å². The molecule has 0 radical (unpaired) electrons. The molecule has 14 heavy (non-hydrogen) atoms. The van der Waals surface area contributed by atoms with Crippen LogP contribution in [0, 0.1) is 23.7 Å². The summed E-state index contributed by atoms with van der Waals surface area (Å²) in [7, 11) is 0. The average Bonchev–Trinajstić information content (AvgIpc) is 2.79. The molecule has 0 spiro atoms. The van der Waals surface area contributed by atoms with Crippen LogP contribution < -0.4 is 5.32 Å². The Kier molecular flexibility index (Phi) is 3.27. The minimum Gasteiger partial charge on any atom is -0.316 e. The van der Waals surface area contributed by atoms with Gasteiger partial charge in [-0.1, -0.05) is 32.4 Å². The average molecular weight is 193 g/mol. The van der Waals surface area contributed by atoms with Crippen LogP contribution in [0.15, 0.2) is 12.2 Å². The van der Waals surface area contributed by atoms with Gasteiger partial charge in [0.2, 0.25) is 0 Å². The van der Waals surface area contributed by atoms with Gasteiger partial charge in [-0.05, 0) is 49.6 Å². The van der Waals surface area contributed by atoms with Gasteiger partial charge in [0.05, 0.1) is 0 Å². The predicted octanol–water partition coefficient (Wildman–Crippen LogP) is 2.83. The first-order valence-corrected chi connectivity index (χ1v) is 6.18. The molecule has 1 heteroatoms. The van der Waals surface area contributed by atoms with Crippen molar-refractivity contribution in [3.63, 3.8) is 0 Å². The van der Waals surface area contributed by atoms with Crippen molar-refractivity contribution in [2.45, 2.75) is 33.1 Å². The maximum absolute atomic E-state index is 3.63. The summed E-state index contributed by atoms with van der Waals surface area (Å²) < 4.78 is 0. The van der Waals surface area contributed by atoms with Gasteiger partial charge >= 0.3 is 0 Å². The van der Waals surface area contributed by atoms with E-state index in [2.05, 4.69) is 31.3 Å². The first-order chi connectivity index (χ1) is 6.79. The molecule has 2 bridgehead atoms. The maximum atomic E-state index is 3.63. The number of nitrogens with one attached hydrogen (secondary N) is 1. The van der Waals surface area contributed by atoms with Crippen molar-refractivity contribution in [2.24, 2.45) is 23.7 Å². The van der Waals surface area contributed by atoms with E-state index in [1.54, 1.807) is 0 Å². The van der Waals surface area contributed by atoms with E-state index in [0.717, 1.165) is 23.7 Å². The highest BCUT2D eigenvalue weighted by Gasteiger charge is 2.34. The first-order valence-electron chi connectivity index (χ1n) is 6.18. The molecule has 2 aliphatic rings. The van der Waals surface area contributed by atoms with Crippen molar-refractivity contribution in [1.82, 2.24) is 5.32 Å². The highest BCUT2D eigenvalue weighted by Crippen LogP contribution is 2.42. The Morgan fingerprint density at radius 2 is 2.21 bits per heavy atom. The lowest BCUT2D eigenvalue weighted by atomic mass is 9.93. The Hall–Kier alpha value is -0.300. The lowest BCUT2D eigenvalue weighted by Gasteiger charge is -2.19. The molecule has 1 saturated carbocycles. The number of hydrogen-bond acceptors (Lipinski definition) is 1. The van der Waals surface area contributed by atoms with Crippen molar-refractivity contribution in [2.75, 3.05) is 13.1 Å². The van der Waals surface area contributed by atoms with E-state index in [9.17, 15) is 0 Å². The molecule has 1 nitrogen and oxygen atoms in total. The molecule has 0 heterocycles. The van der Waals surface area contributed by atoms with E-state index in [1.807, 2.05) is 0 Å². The molecule has 1 N–H and O–H groups in total. The van der Waals surface area contributed by atoms with Gasteiger partial charge in [-0.2, -0.15) is 0 Å². The zero-order valence-corrected chi connectivity index (χ0v) is 9.50. The second-order valence-electron chi connectivity index (χ2n) is 5.21. The van der Waals surface area contributed by atoms with Crippen LogP contribution in [0.1, 0.15) is 33.1 Å². The fourth-order valence-electron chi connectivity index (χ4n) is 2.79. The van der Waals surface area contributed by atoms with E-state index in [4.69, 9.17) is 0 Å². The van der Waals surface area contributed by atoms with Crippen molar-refractivity contribution >= 4 is 0 Å². The van der Waals surface area contributed by atoms with Crippen LogP contribution in [-0.4, -0.2) is 13.1 Å². The van der Waals surface area contributed by atoms with Crippen molar-refractivity contribution < 1.29 is 0 Å². The summed E-state index contributed by atoms with van der Waals surface area (Å²) in [5.41, 5.74) is 0. The summed E-state index contributed by atoms with van der Waals surface area (Å²) in [4.78, 5) is 0. The monoisotopic (exact) mass is 193 g/mol. The zero-order valence-electron chi connectivity index (χ0n) is 9.50. The summed E-state index contributed by atoms with van der Waals surface area (Å²) in [6.07, 6.45) is 9.05. The molecule has 2 aliphatic carbocycles. The van der Waals surface area contributed by atoms with Gasteiger partial charge in [0.1, 0.15) is 0 Å². The van der Waals surface area contributed by atoms with Gasteiger partial charge in [-0.15, -0.1) is 0 Å². The molecule has 0 amide bonds. The lowest BCUT2D eigenvalue weighted by molar-refractivity contribution is 0.392. The molecular formula is C13H23N. The summed E-state index contributed by atoms with van der Waals surface area (Å²) >= 11 is 0. The van der Waals surface area contributed by atoms with Crippen LogP contribution in [-0.2, 0) is 0 Å². The second-order valence-corrected chi connectivity index (χ2v) is 5.21. The minimum atomic E-state index is 0.837. The molecule has 0 aliphatic heterocycles. The number of hydrogen-bond donors (Lipinski definition) is 1. The highest BCUT2D eigenvalue weighted by atomic mass is 14.9. The molecule has 1 fully saturated rings. The number of allylic oxidation sites excluding steroid dienone is 2. The molecule has 4 unspecified atom stereocenters. The first kappa shape index (κ1) is 10.2. The smallest absolute Gasteiger partial charge is 0.00146 e. The standard InChI is InChI=1S/C13H23N/c1-3-10(2)8-14-9-13-7-11-4-5-12(13)6-11/h4-5,10-14H,3,6-9H2,1-2H3. The van der Waals surface area contributed by atoms with Crippen LogP contribution in [0.3, 0.4) is 0 Å². The van der Waals surface area contributed by atoms with Crippen LogP contribution in [0.5, 0.6) is 0 Å². The Morgan fingerprint density at radius 1 is 1.36 bits per heavy atom. The predicted molar refractivity (Wildman–Crippen MR) is 61.2 cm³/mol. The van der Waals surface area contributed by atoms with Gasteiger partial charge in [0, 0.05) is 0 Å². The summed E-state index contributed by atoms with van der Waals surface area (Å²) in [6, 6.07) is 0.